The summed E-state index contributed by atoms with van der Waals surface area (Å²) in [6.07, 6.45) is 0.235. The molecule has 4 heterocycles. The molecule has 3 aliphatic rings. The number of benzene rings is 2. The summed E-state index contributed by atoms with van der Waals surface area (Å²) in [7, 11) is 1.47. The number of cyclic esters (lactones) is 1. The van der Waals surface area contributed by atoms with Crippen LogP contribution < -0.4 is 16.0 Å². The van der Waals surface area contributed by atoms with Crippen molar-refractivity contribution in [1.29, 1.82) is 0 Å². The number of amides is 6. The van der Waals surface area contributed by atoms with Crippen molar-refractivity contribution in [2.75, 3.05) is 20.1 Å². The molecule has 316 valence electrons. The maximum atomic E-state index is 14.8. The number of pyridine rings is 1. The maximum absolute atomic E-state index is 14.8. The minimum Gasteiger partial charge on any atom is -0.505 e. The number of rotatable bonds is 6. The van der Waals surface area contributed by atoms with Gasteiger partial charge in [-0.2, -0.15) is 0 Å². The molecule has 6 amide bonds. The number of likely N-dealkylation sites (N-methyl/N-ethyl adjacent to an activating group) is 1. The minimum absolute atomic E-state index is 0.0410. The maximum Gasteiger partial charge on any atom is 0.333 e. The van der Waals surface area contributed by atoms with E-state index in [1.54, 1.807) is 61.5 Å². The van der Waals surface area contributed by atoms with E-state index in [4.69, 9.17) is 4.74 Å². The summed E-state index contributed by atoms with van der Waals surface area (Å²) < 4.78 is 5.83. The van der Waals surface area contributed by atoms with Crippen LogP contribution in [-0.4, -0.2) is 128 Å². The topological polar surface area (TPSA) is 225 Å². The fourth-order valence-corrected chi connectivity index (χ4v) is 7.88. The van der Waals surface area contributed by atoms with Crippen LogP contribution in [0.4, 0.5) is 0 Å². The van der Waals surface area contributed by atoms with Crippen molar-refractivity contribution in [3.05, 3.63) is 95.8 Å². The predicted octanol–water partition coefficient (Wildman–Crippen LogP) is 1.20. The van der Waals surface area contributed by atoms with E-state index in [0.29, 0.717) is 6.42 Å². The quantitative estimate of drug-likeness (QED) is 0.259. The molecule has 3 aromatic rings. The van der Waals surface area contributed by atoms with E-state index in [2.05, 4.69) is 20.9 Å². The van der Waals surface area contributed by atoms with Gasteiger partial charge in [0.1, 0.15) is 47.8 Å². The molecule has 4 N–H and O–H groups in total. The number of carbonyl (C=O) groups excluding carboxylic acids is 8. The molecule has 0 radical (unpaired) electrons. The zero-order valence-electron chi connectivity index (χ0n) is 33.6. The van der Waals surface area contributed by atoms with Crippen molar-refractivity contribution >= 4 is 47.2 Å². The van der Waals surface area contributed by atoms with E-state index in [-0.39, 0.29) is 56.5 Å². The number of nitrogens with one attached hydrogen (secondary N) is 3. The van der Waals surface area contributed by atoms with E-state index in [9.17, 15) is 43.5 Å². The molecule has 2 aromatic carbocycles. The molecule has 6 rings (SSSR count). The Morgan fingerprint density at radius 3 is 2.22 bits per heavy atom. The number of ketones is 1. The lowest BCUT2D eigenvalue weighted by Gasteiger charge is -2.40. The van der Waals surface area contributed by atoms with Gasteiger partial charge in [0.25, 0.3) is 5.91 Å². The van der Waals surface area contributed by atoms with Crippen LogP contribution in [0.25, 0.3) is 0 Å². The Hall–Kier alpha value is -6.65. The van der Waals surface area contributed by atoms with Gasteiger partial charge in [-0.1, -0.05) is 67.6 Å². The van der Waals surface area contributed by atoms with Gasteiger partial charge < -0.3 is 40.5 Å². The van der Waals surface area contributed by atoms with Crippen molar-refractivity contribution in [2.45, 2.75) is 94.7 Å². The Kier molecular flexibility index (Phi) is 13.6. The lowest BCUT2D eigenvalue weighted by atomic mass is 9.95. The summed E-state index contributed by atoms with van der Waals surface area (Å²) in [5, 5.41) is 18.2. The Bertz CT molecular complexity index is 2120. The summed E-state index contributed by atoms with van der Waals surface area (Å²) in [6, 6.07) is 11.7. The zero-order valence-corrected chi connectivity index (χ0v) is 33.6. The second-order valence-electron chi connectivity index (χ2n) is 15.2. The van der Waals surface area contributed by atoms with Crippen LogP contribution in [0.15, 0.2) is 79.0 Å². The van der Waals surface area contributed by atoms with Crippen LogP contribution in [0.1, 0.15) is 73.6 Å². The van der Waals surface area contributed by atoms with E-state index in [1.807, 2.05) is 6.07 Å². The molecule has 0 aliphatic carbocycles. The SMILES string of the molecule is CC[C@@H]1NC(=O)[C@H](NC(=O)c2ncccc2O)[C@H](C)OC(=O)[C@H](c2ccccc2)NC(=O)[C@@H]2CC(=O)CCN2C(=O)[C@@H](Cc2ccccc2)N(C)C(=O)[C@H]2CCCN2C1=O. The van der Waals surface area contributed by atoms with Gasteiger partial charge in [-0.3, -0.25) is 33.6 Å². The van der Waals surface area contributed by atoms with Crippen LogP contribution in [0, 0.1) is 0 Å². The van der Waals surface area contributed by atoms with Crippen molar-refractivity contribution in [1.82, 2.24) is 35.6 Å². The third-order valence-electron chi connectivity index (χ3n) is 11.2. The number of esters is 1. The molecule has 17 nitrogen and oxygen atoms in total. The summed E-state index contributed by atoms with van der Waals surface area (Å²) in [4.78, 5) is 121. The Balaban J connectivity index is 1.43. The summed E-state index contributed by atoms with van der Waals surface area (Å²) in [5.74, 6) is -6.30. The molecular formula is C43H49N7O10. The largest absolute Gasteiger partial charge is 0.505 e. The number of carbonyl (C=O) groups is 8. The molecule has 0 spiro atoms. The van der Waals surface area contributed by atoms with E-state index in [0.717, 1.165) is 5.56 Å². The fourth-order valence-electron chi connectivity index (χ4n) is 7.88. The third kappa shape index (κ3) is 9.45. The second kappa shape index (κ2) is 18.9. The second-order valence-corrected chi connectivity index (χ2v) is 15.2. The number of piperidine rings is 1. The van der Waals surface area contributed by atoms with Crippen molar-refractivity contribution < 1.29 is 48.2 Å². The molecule has 1 aromatic heterocycles. The van der Waals surface area contributed by atoms with Crippen molar-refractivity contribution in [3.8, 4) is 5.75 Å². The van der Waals surface area contributed by atoms with Crippen molar-refractivity contribution in [3.63, 3.8) is 0 Å². The van der Waals surface area contributed by atoms with Gasteiger partial charge in [0.2, 0.25) is 29.5 Å². The summed E-state index contributed by atoms with van der Waals surface area (Å²) >= 11 is 0. The number of nitrogens with zero attached hydrogens (tertiary/aromatic N) is 4. The normalized spacial score (nSPS) is 26.1. The average Bonchev–Trinajstić information content (AvgIpc) is 3.75. The minimum atomic E-state index is -1.68. The van der Waals surface area contributed by atoms with Gasteiger partial charge in [-0.15, -0.1) is 0 Å². The van der Waals surface area contributed by atoms with E-state index < -0.39 is 95.2 Å². The van der Waals surface area contributed by atoms with E-state index >= 15 is 0 Å². The highest BCUT2D eigenvalue weighted by Gasteiger charge is 2.45. The molecule has 3 aliphatic heterocycles. The first kappa shape index (κ1) is 42.9. The number of ether oxygens (including phenoxy) is 1. The number of hydrogen-bond donors (Lipinski definition) is 4. The first-order chi connectivity index (χ1) is 28.8. The Morgan fingerprint density at radius 2 is 1.53 bits per heavy atom. The predicted molar refractivity (Wildman–Crippen MR) is 213 cm³/mol. The lowest BCUT2D eigenvalue weighted by Crippen LogP contribution is -2.61. The summed E-state index contributed by atoms with van der Waals surface area (Å²) in [5.41, 5.74) is 0.560. The first-order valence-electron chi connectivity index (χ1n) is 20.0. The first-order valence-corrected chi connectivity index (χ1v) is 20.0. The average molecular weight is 824 g/mol. The number of fused-ring (bicyclic) bond motifs is 2. The fraction of sp³-hybridized carbons (Fsp3) is 0.419. The zero-order chi connectivity index (χ0) is 43.1. The highest BCUT2D eigenvalue weighted by atomic mass is 16.5. The standard InChI is InChI=1S/C43H49N7O10/c1-4-29-40(56)49-21-12-17-30(49)41(57)48(3)32(23-26-13-7-5-8-14-26)42(58)50-22-19-28(51)24-31(50)37(53)47-35(27-15-9-6-10-16-27)43(59)60-25(2)34(38(54)45-29)46-39(55)36-33(52)18-11-20-44-36/h5-11,13-16,18,20,25,29-32,34-35,52H,4,12,17,19,21-24H2,1-3H3,(H,45,54)(H,46,55)(H,47,53)/t25-,29-,30+,31-,32+,34+,35-/m0/s1. The molecule has 0 unspecified atom stereocenters. The molecule has 60 heavy (non-hydrogen) atoms. The van der Waals surface area contributed by atoms with Crippen molar-refractivity contribution in [2.24, 2.45) is 0 Å². The molecule has 0 saturated carbocycles. The molecule has 0 bridgehead atoms. The monoisotopic (exact) mass is 823 g/mol. The van der Waals surface area contributed by atoms with Gasteiger partial charge >= 0.3 is 5.97 Å². The van der Waals surface area contributed by atoms with Crippen LogP contribution in [0.3, 0.4) is 0 Å². The van der Waals surface area contributed by atoms with Gasteiger partial charge in [-0.25, -0.2) is 9.78 Å². The van der Waals surface area contributed by atoms with Gasteiger partial charge in [0.05, 0.1) is 0 Å². The molecule has 3 saturated heterocycles. The number of aromatic hydroxyl groups is 1. The molecule has 7 atom stereocenters. The number of Topliss-reactive ketones (excluding diaryl/α,β-unsaturated/α-hetero) is 1. The van der Waals surface area contributed by atoms with Crippen LogP contribution in [-0.2, 0) is 44.7 Å². The molecular weight excluding hydrogens is 775 g/mol. The van der Waals surface area contributed by atoms with Gasteiger partial charge in [-0.05, 0) is 49.4 Å². The number of hydrogen-bond acceptors (Lipinski definition) is 11. The molecule has 3 fully saturated rings. The Morgan fingerprint density at radius 1 is 0.850 bits per heavy atom. The van der Waals surface area contributed by atoms with Crippen LogP contribution in [0.5, 0.6) is 5.75 Å². The van der Waals surface area contributed by atoms with Gasteiger partial charge in [0.15, 0.2) is 11.7 Å². The summed E-state index contributed by atoms with van der Waals surface area (Å²) in [6.45, 7) is 3.03. The highest BCUT2D eigenvalue weighted by molar-refractivity contribution is 6.01. The highest BCUT2D eigenvalue weighted by Crippen LogP contribution is 2.26. The Labute approximate surface area is 346 Å². The van der Waals surface area contributed by atoms with Gasteiger partial charge in [0, 0.05) is 45.6 Å². The third-order valence-corrected chi connectivity index (χ3v) is 11.2. The smallest absolute Gasteiger partial charge is 0.333 e. The lowest BCUT2D eigenvalue weighted by molar-refractivity contribution is -0.156. The van der Waals surface area contributed by atoms with E-state index in [1.165, 1.54) is 47.0 Å². The van der Waals surface area contributed by atoms with Crippen LogP contribution in [0.2, 0.25) is 0 Å². The number of aromatic nitrogens is 1. The molecule has 17 heteroatoms. The van der Waals surface area contributed by atoms with Crippen LogP contribution >= 0.6 is 0 Å².